The van der Waals surface area contributed by atoms with Gasteiger partial charge in [0, 0.05) is 5.54 Å². The molecular weight excluding hydrogens is 194 g/mol. The first-order chi connectivity index (χ1) is 7.43. The van der Waals surface area contributed by atoms with Crippen LogP contribution in [0, 0.1) is 17.8 Å². The van der Waals surface area contributed by atoms with Crippen molar-refractivity contribution >= 4 is 0 Å². The maximum atomic E-state index is 6.57. The Kier molecular flexibility index (Phi) is 5.30. The summed E-state index contributed by atoms with van der Waals surface area (Å²) >= 11 is 0. The number of hydrogen-bond donors (Lipinski definition) is 1. The first-order valence-corrected chi connectivity index (χ1v) is 7.22. The predicted octanol–water partition coefficient (Wildman–Crippen LogP) is 4.36. The molecule has 1 aliphatic rings. The van der Waals surface area contributed by atoms with Crippen LogP contribution in [-0.2, 0) is 0 Å². The summed E-state index contributed by atoms with van der Waals surface area (Å²) in [7, 11) is 0. The van der Waals surface area contributed by atoms with Gasteiger partial charge in [-0.1, -0.05) is 53.4 Å². The molecule has 0 spiro atoms. The molecule has 0 aromatic heterocycles. The molecule has 96 valence electrons. The second-order valence-corrected chi connectivity index (χ2v) is 6.75. The lowest BCUT2D eigenvalue weighted by Crippen LogP contribution is -2.45. The van der Waals surface area contributed by atoms with Gasteiger partial charge in [0.1, 0.15) is 0 Å². The molecule has 1 nitrogen and oxygen atoms in total. The molecule has 0 aliphatic heterocycles. The van der Waals surface area contributed by atoms with Gasteiger partial charge in [0.2, 0.25) is 0 Å². The molecule has 2 unspecified atom stereocenters. The fraction of sp³-hybridized carbons (Fsp3) is 1.00. The van der Waals surface area contributed by atoms with Crippen LogP contribution in [0.25, 0.3) is 0 Å². The van der Waals surface area contributed by atoms with Gasteiger partial charge in [0.25, 0.3) is 0 Å². The van der Waals surface area contributed by atoms with E-state index in [1.807, 2.05) is 0 Å². The van der Waals surface area contributed by atoms with Crippen molar-refractivity contribution in [1.82, 2.24) is 0 Å². The first kappa shape index (κ1) is 14.0. The molecular formula is C15H31N. The van der Waals surface area contributed by atoms with Crippen LogP contribution in [-0.4, -0.2) is 5.54 Å². The Labute approximate surface area is 102 Å². The molecule has 1 saturated carbocycles. The monoisotopic (exact) mass is 225 g/mol. The van der Waals surface area contributed by atoms with Gasteiger partial charge in [0.15, 0.2) is 0 Å². The lowest BCUT2D eigenvalue weighted by molar-refractivity contribution is 0.170. The molecule has 0 bridgehead atoms. The molecule has 1 aliphatic carbocycles. The average molecular weight is 225 g/mol. The van der Waals surface area contributed by atoms with E-state index in [0.29, 0.717) is 0 Å². The third-order valence-corrected chi connectivity index (χ3v) is 4.32. The standard InChI is InChI=1S/C15H31N/c1-12(2)7-5-9-15(16)10-6-8-14(11-15)13(3)4/h12-14H,5-11,16H2,1-4H3. The topological polar surface area (TPSA) is 26.0 Å². The van der Waals surface area contributed by atoms with Gasteiger partial charge >= 0.3 is 0 Å². The van der Waals surface area contributed by atoms with Crippen LogP contribution in [0.1, 0.15) is 72.6 Å². The molecule has 0 aromatic carbocycles. The van der Waals surface area contributed by atoms with E-state index < -0.39 is 0 Å². The fourth-order valence-electron chi connectivity index (χ4n) is 3.10. The van der Waals surface area contributed by atoms with E-state index in [9.17, 15) is 0 Å². The normalized spacial score (nSPS) is 31.3. The summed E-state index contributed by atoms with van der Waals surface area (Å²) in [5.41, 5.74) is 6.74. The zero-order valence-corrected chi connectivity index (χ0v) is 11.8. The molecule has 0 amide bonds. The van der Waals surface area contributed by atoms with Crippen LogP contribution in [0.5, 0.6) is 0 Å². The third kappa shape index (κ3) is 4.45. The van der Waals surface area contributed by atoms with E-state index in [-0.39, 0.29) is 5.54 Å². The summed E-state index contributed by atoms with van der Waals surface area (Å²) in [6.45, 7) is 9.32. The van der Waals surface area contributed by atoms with Crippen molar-refractivity contribution in [2.45, 2.75) is 78.2 Å². The van der Waals surface area contributed by atoms with E-state index in [1.165, 1.54) is 44.9 Å². The third-order valence-electron chi connectivity index (χ3n) is 4.32. The van der Waals surface area contributed by atoms with Crippen molar-refractivity contribution in [1.29, 1.82) is 0 Å². The van der Waals surface area contributed by atoms with E-state index in [2.05, 4.69) is 27.7 Å². The maximum Gasteiger partial charge on any atom is 0.0157 e. The van der Waals surface area contributed by atoms with Crippen molar-refractivity contribution in [3.63, 3.8) is 0 Å². The zero-order chi connectivity index (χ0) is 12.2. The molecule has 0 saturated heterocycles. The fourth-order valence-corrected chi connectivity index (χ4v) is 3.10. The second-order valence-electron chi connectivity index (χ2n) is 6.75. The van der Waals surface area contributed by atoms with Gasteiger partial charge in [-0.2, -0.15) is 0 Å². The summed E-state index contributed by atoms with van der Waals surface area (Å²) in [5, 5.41) is 0. The summed E-state index contributed by atoms with van der Waals surface area (Å²) in [6.07, 6.45) is 9.18. The lowest BCUT2D eigenvalue weighted by Gasteiger charge is -2.40. The SMILES string of the molecule is CC(C)CCCC1(N)CCCC(C(C)C)C1. The highest BCUT2D eigenvalue weighted by Crippen LogP contribution is 2.37. The Morgan fingerprint density at radius 1 is 1.25 bits per heavy atom. The number of nitrogens with two attached hydrogens (primary N) is 1. The van der Waals surface area contributed by atoms with Crippen LogP contribution in [0.4, 0.5) is 0 Å². The number of rotatable bonds is 5. The molecule has 1 heteroatoms. The van der Waals surface area contributed by atoms with Gasteiger partial charge in [-0.15, -0.1) is 0 Å². The van der Waals surface area contributed by atoms with Gasteiger partial charge in [-0.3, -0.25) is 0 Å². The Balaban J connectivity index is 2.37. The average Bonchev–Trinajstić information content (AvgIpc) is 2.16. The van der Waals surface area contributed by atoms with E-state index in [0.717, 1.165) is 17.8 Å². The second kappa shape index (κ2) is 6.05. The Morgan fingerprint density at radius 2 is 1.94 bits per heavy atom. The minimum atomic E-state index is 0.169. The highest BCUT2D eigenvalue weighted by atomic mass is 14.7. The van der Waals surface area contributed by atoms with Crippen LogP contribution >= 0.6 is 0 Å². The Morgan fingerprint density at radius 3 is 2.50 bits per heavy atom. The molecule has 0 heterocycles. The van der Waals surface area contributed by atoms with Gasteiger partial charge in [0.05, 0.1) is 0 Å². The highest BCUT2D eigenvalue weighted by Gasteiger charge is 2.33. The summed E-state index contributed by atoms with van der Waals surface area (Å²) < 4.78 is 0. The molecule has 2 atom stereocenters. The maximum absolute atomic E-state index is 6.57. The molecule has 0 aromatic rings. The summed E-state index contributed by atoms with van der Waals surface area (Å²) in [4.78, 5) is 0. The summed E-state index contributed by atoms with van der Waals surface area (Å²) in [5.74, 6) is 2.51. The van der Waals surface area contributed by atoms with E-state index >= 15 is 0 Å². The minimum Gasteiger partial charge on any atom is -0.325 e. The molecule has 2 N–H and O–H groups in total. The van der Waals surface area contributed by atoms with Crippen LogP contribution < -0.4 is 5.73 Å². The highest BCUT2D eigenvalue weighted by molar-refractivity contribution is 4.91. The van der Waals surface area contributed by atoms with Crippen LogP contribution in [0.15, 0.2) is 0 Å². The van der Waals surface area contributed by atoms with E-state index in [1.54, 1.807) is 0 Å². The Bertz CT molecular complexity index is 198. The van der Waals surface area contributed by atoms with Crippen molar-refractivity contribution < 1.29 is 0 Å². The van der Waals surface area contributed by atoms with Crippen molar-refractivity contribution in [3.8, 4) is 0 Å². The predicted molar refractivity (Wildman–Crippen MR) is 72.4 cm³/mol. The van der Waals surface area contributed by atoms with Crippen molar-refractivity contribution in [3.05, 3.63) is 0 Å². The molecule has 0 radical (unpaired) electrons. The summed E-state index contributed by atoms with van der Waals surface area (Å²) in [6, 6.07) is 0. The van der Waals surface area contributed by atoms with Gasteiger partial charge < -0.3 is 5.73 Å². The smallest absolute Gasteiger partial charge is 0.0157 e. The minimum absolute atomic E-state index is 0.169. The van der Waals surface area contributed by atoms with Crippen LogP contribution in [0.3, 0.4) is 0 Å². The van der Waals surface area contributed by atoms with Gasteiger partial charge in [-0.25, -0.2) is 0 Å². The number of hydrogen-bond acceptors (Lipinski definition) is 1. The molecule has 1 fully saturated rings. The van der Waals surface area contributed by atoms with Crippen molar-refractivity contribution in [2.75, 3.05) is 0 Å². The van der Waals surface area contributed by atoms with Crippen LogP contribution in [0.2, 0.25) is 0 Å². The largest absolute Gasteiger partial charge is 0.325 e. The molecule has 16 heavy (non-hydrogen) atoms. The molecule has 1 rings (SSSR count). The Hall–Kier alpha value is -0.0400. The van der Waals surface area contributed by atoms with Gasteiger partial charge in [-0.05, 0) is 37.0 Å². The lowest BCUT2D eigenvalue weighted by atomic mass is 9.70. The first-order valence-electron chi connectivity index (χ1n) is 7.22. The quantitative estimate of drug-likeness (QED) is 0.739. The van der Waals surface area contributed by atoms with E-state index in [4.69, 9.17) is 5.73 Å². The zero-order valence-electron chi connectivity index (χ0n) is 11.8. The van der Waals surface area contributed by atoms with Crippen molar-refractivity contribution in [2.24, 2.45) is 23.5 Å².